The highest BCUT2D eigenvalue weighted by atomic mass is 16.5. The van der Waals surface area contributed by atoms with Crippen LogP contribution in [-0.2, 0) is 9.53 Å². The van der Waals surface area contributed by atoms with E-state index in [2.05, 4.69) is 11.0 Å². The van der Waals surface area contributed by atoms with E-state index in [4.69, 9.17) is 4.74 Å². The number of ether oxygens (including phenoxy) is 1. The van der Waals surface area contributed by atoms with E-state index >= 15 is 0 Å². The predicted octanol–water partition coefficient (Wildman–Crippen LogP) is 2.29. The van der Waals surface area contributed by atoms with Gasteiger partial charge in [0.15, 0.2) is 0 Å². The zero-order chi connectivity index (χ0) is 13.7. The monoisotopic (exact) mass is 262 g/mol. The Hall–Kier alpha value is -1.55. The molecule has 4 nitrogen and oxygen atoms in total. The molecule has 0 radical (unpaired) electrons. The first kappa shape index (κ1) is 13.9. The van der Waals surface area contributed by atoms with Gasteiger partial charge in [0.1, 0.15) is 0 Å². The molecule has 1 aromatic rings. The Kier molecular flexibility index (Phi) is 4.80. The molecular weight excluding hydrogens is 240 g/mol. The van der Waals surface area contributed by atoms with Gasteiger partial charge >= 0.3 is 0 Å². The second-order valence-corrected chi connectivity index (χ2v) is 4.72. The van der Waals surface area contributed by atoms with Crippen LogP contribution in [0.25, 0.3) is 0 Å². The largest absolute Gasteiger partial charge is 0.383 e. The van der Waals surface area contributed by atoms with Crippen molar-refractivity contribution in [1.29, 1.82) is 0 Å². The minimum atomic E-state index is 0.195. The minimum Gasteiger partial charge on any atom is -0.383 e. The molecule has 1 amide bonds. The maximum Gasteiger partial charge on any atom is 0.226 e. The highest BCUT2D eigenvalue weighted by Gasteiger charge is 2.23. The number of hydrogen-bond donors (Lipinski definition) is 0. The third-order valence-corrected chi connectivity index (χ3v) is 3.49. The number of rotatable bonds is 4. The van der Waals surface area contributed by atoms with Gasteiger partial charge in [0.2, 0.25) is 5.91 Å². The van der Waals surface area contributed by atoms with Crippen molar-refractivity contribution in [1.82, 2.24) is 0 Å². The summed E-state index contributed by atoms with van der Waals surface area (Å²) in [6.45, 7) is 5.25. The van der Waals surface area contributed by atoms with E-state index in [1.165, 1.54) is 0 Å². The van der Waals surface area contributed by atoms with Gasteiger partial charge in [-0.15, -0.1) is 0 Å². The molecule has 0 N–H and O–H groups in total. The van der Waals surface area contributed by atoms with Crippen LogP contribution in [0.15, 0.2) is 24.3 Å². The van der Waals surface area contributed by atoms with Crippen LogP contribution in [0.5, 0.6) is 0 Å². The Labute approximate surface area is 115 Å². The van der Waals surface area contributed by atoms with Gasteiger partial charge in [-0.25, -0.2) is 0 Å². The fourth-order valence-electron chi connectivity index (χ4n) is 2.50. The number of nitrogens with zero attached hydrogens (tertiary/aromatic N) is 2. The average Bonchev–Trinajstić information content (AvgIpc) is 2.64. The first-order valence-corrected chi connectivity index (χ1v) is 6.91. The average molecular weight is 262 g/mol. The Morgan fingerprint density at radius 1 is 1.26 bits per heavy atom. The summed E-state index contributed by atoms with van der Waals surface area (Å²) in [5, 5.41) is 0. The lowest BCUT2D eigenvalue weighted by molar-refractivity contribution is -0.118. The smallest absolute Gasteiger partial charge is 0.226 e. The van der Waals surface area contributed by atoms with Gasteiger partial charge in [-0.05, 0) is 18.6 Å². The van der Waals surface area contributed by atoms with Crippen LogP contribution >= 0.6 is 0 Å². The summed E-state index contributed by atoms with van der Waals surface area (Å²) in [7, 11) is 1.72. The van der Waals surface area contributed by atoms with E-state index in [0.29, 0.717) is 13.0 Å². The van der Waals surface area contributed by atoms with Gasteiger partial charge in [0, 0.05) is 33.2 Å². The molecule has 4 heteroatoms. The molecule has 2 rings (SSSR count). The molecule has 0 fully saturated rings. The summed E-state index contributed by atoms with van der Waals surface area (Å²) in [6, 6.07) is 8.15. The van der Waals surface area contributed by atoms with Crippen molar-refractivity contribution in [3.8, 4) is 0 Å². The van der Waals surface area contributed by atoms with Gasteiger partial charge in [-0.1, -0.05) is 19.1 Å². The van der Waals surface area contributed by atoms with Crippen molar-refractivity contribution < 1.29 is 9.53 Å². The lowest BCUT2D eigenvalue weighted by Crippen LogP contribution is -2.30. The molecule has 1 aromatic carbocycles. The molecule has 0 saturated carbocycles. The molecule has 1 aliphatic rings. The molecule has 0 atom stereocenters. The number of fused-ring (bicyclic) bond motifs is 1. The third kappa shape index (κ3) is 3.07. The molecular formula is C15H22N2O2. The van der Waals surface area contributed by atoms with Crippen molar-refractivity contribution in [3.05, 3.63) is 24.3 Å². The fourth-order valence-corrected chi connectivity index (χ4v) is 2.50. The van der Waals surface area contributed by atoms with Gasteiger partial charge in [-0.2, -0.15) is 0 Å². The number of methoxy groups -OCH3 is 1. The van der Waals surface area contributed by atoms with E-state index in [1.54, 1.807) is 7.11 Å². The number of amides is 1. The number of carbonyl (C=O) groups excluding carboxylic acids is 1. The number of hydrogen-bond acceptors (Lipinski definition) is 3. The van der Waals surface area contributed by atoms with Crippen LogP contribution in [0.2, 0.25) is 0 Å². The second kappa shape index (κ2) is 6.57. The Morgan fingerprint density at radius 2 is 2.00 bits per heavy atom. The number of para-hydroxylation sites is 2. The normalized spacial score (nSPS) is 15.1. The van der Waals surface area contributed by atoms with Crippen LogP contribution in [0, 0.1) is 0 Å². The molecule has 0 saturated heterocycles. The SMILES string of the molecule is CCC(=O)N1CCCN(CCOC)c2ccccc21. The number of anilines is 2. The lowest BCUT2D eigenvalue weighted by Gasteiger charge is -2.26. The van der Waals surface area contributed by atoms with Crippen molar-refractivity contribution in [2.75, 3.05) is 43.2 Å². The maximum absolute atomic E-state index is 12.1. The fraction of sp³-hybridized carbons (Fsp3) is 0.533. The first-order chi connectivity index (χ1) is 9.27. The van der Waals surface area contributed by atoms with E-state index in [0.717, 1.165) is 37.4 Å². The highest BCUT2D eigenvalue weighted by Crippen LogP contribution is 2.32. The van der Waals surface area contributed by atoms with Crippen LogP contribution in [0.3, 0.4) is 0 Å². The minimum absolute atomic E-state index is 0.195. The quantitative estimate of drug-likeness (QED) is 0.834. The molecule has 0 aliphatic carbocycles. The van der Waals surface area contributed by atoms with Crippen LogP contribution in [0.1, 0.15) is 19.8 Å². The summed E-state index contributed by atoms with van der Waals surface area (Å²) in [5.74, 6) is 0.195. The summed E-state index contributed by atoms with van der Waals surface area (Å²) in [4.78, 5) is 16.3. The van der Waals surface area contributed by atoms with Gasteiger partial charge in [0.05, 0.1) is 18.0 Å². The van der Waals surface area contributed by atoms with E-state index in [1.807, 2.05) is 30.0 Å². The summed E-state index contributed by atoms with van der Waals surface area (Å²) < 4.78 is 5.17. The number of carbonyl (C=O) groups is 1. The second-order valence-electron chi connectivity index (χ2n) is 4.72. The zero-order valence-corrected chi connectivity index (χ0v) is 11.8. The highest BCUT2D eigenvalue weighted by molar-refractivity contribution is 5.97. The maximum atomic E-state index is 12.1. The summed E-state index contributed by atoms with van der Waals surface area (Å²) in [5.41, 5.74) is 2.17. The molecule has 19 heavy (non-hydrogen) atoms. The standard InChI is InChI=1S/C15H22N2O2/c1-3-15(18)17-10-6-9-16(11-12-19-2)13-7-4-5-8-14(13)17/h4-5,7-8H,3,6,9-12H2,1-2H3. The van der Waals surface area contributed by atoms with Crippen molar-refractivity contribution in [2.24, 2.45) is 0 Å². The summed E-state index contributed by atoms with van der Waals surface area (Å²) in [6.07, 6.45) is 1.54. The van der Waals surface area contributed by atoms with E-state index in [-0.39, 0.29) is 5.91 Å². The first-order valence-electron chi connectivity index (χ1n) is 6.91. The molecule has 0 spiro atoms. The molecule has 0 aromatic heterocycles. The molecule has 1 aliphatic heterocycles. The van der Waals surface area contributed by atoms with Crippen molar-refractivity contribution in [3.63, 3.8) is 0 Å². The Bertz CT molecular complexity index is 434. The van der Waals surface area contributed by atoms with Gasteiger partial charge in [-0.3, -0.25) is 4.79 Å². The van der Waals surface area contributed by atoms with Crippen molar-refractivity contribution >= 4 is 17.3 Å². The van der Waals surface area contributed by atoms with Gasteiger partial charge < -0.3 is 14.5 Å². The molecule has 1 heterocycles. The van der Waals surface area contributed by atoms with Crippen LogP contribution in [0.4, 0.5) is 11.4 Å². The molecule has 0 bridgehead atoms. The zero-order valence-electron chi connectivity index (χ0n) is 11.8. The van der Waals surface area contributed by atoms with E-state index < -0.39 is 0 Å². The summed E-state index contributed by atoms with van der Waals surface area (Å²) >= 11 is 0. The number of benzene rings is 1. The van der Waals surface area contributed by atoms with E-state index in [9.17, 15) is 4.79 Å². The lowest BCUT2D eigenvalue weighted by atomic mass is 10.2. The third-order valence-electron chi connectivity index (χ3n) is 3.49. The molecule has 0 unspecified atom stereocenters. The Morgan fingerprint density at radius 3 is 2.68 bits per heavy atom. The van der Waals surface area contributed by atoms with Gasteiger partial charge in [0.25, 0.3) is 0 Å². The van der Waals surface area contributed by atoms with Crippen molar-refractivity contribution in [2.45, 2.75) is 19.8 Å². The molecule has 104 valence electrons. The van der Waals surface area contributed by atoms with Crippen LogP contribution < -0.4 is 9.80 Å². The topological polar surface area (TPSA) is 32.8 Å². The van der Waals surface area contributed by atoms with Crippen LogP contribution in [-0.4, -0.2) is 39.3 Å². The Balaban J connectivity index is 2.31. The predicted molar refractivity (Wildman–Crippen MR) is 77.8 cm³/mol.